The average molecular weight is 276 g/mol. The lowest BCUT2D eigenvalue weighted by molar-refractivity contribution is 0.0964. The first kappa shape index (κ1) is 15.5. The van der Waals surface area contributed by atoms with Crippen molar-refractivity contribution in [2.24, 2.45) is 0 Å². The van der Waals surface area contributed by atoms with Crippen molar-refractivity contribution in [1.29, 1.82) is 0 Å². The number of hydrogen-bond acceptors (Lipinski definition) is 4. The van der Waals surface area contributed by atoms with Crippen LogP contribution in [0.5, 0.6) is 0 Å². The minimum Gasteiger partial charge on any atom is -0.423 e. The smallest absolute Gasteiger partial charge is 0.423 e. The molecule has 0 aliphatic carbocycles. The molecule has 1 aromatic rings. The topological polar surface area (TPSA) is 46.9 Å². The summed E-state index contributed by atoms with van der Waals surface area (Å²) in [5, 5.41) is 18.2. The molecule has 0 spiro atoms. The molecule has 1 unspecified atom stereocenters. The van der Waals surface area contributed by atoms with Crippen LogP contribution in [-0.2, 0) is 6.54 Å². The highest BCUT2D eigenvalue weighted by atomic mass is 16.4. The van der Waals surface area contributed by atoms with Crippen molar-refractivity contribution in [3.8, 4) is 0 Å². The summed E-state index contributed by atoms with van der Waals surface area (Å²) in [5.74, 6) is 0. The van der Waals surface area contributed by atoms with Crippen LogP contribution in [0.4, 0.5) is 0 Å². The molecule has 1 aliphatic heterocycles. The van der Waals surface area contributed by atoms with Crippen LogP contribution in [0.1, 0.15) is 25.8 Å². The summed E-state index contributed by atoms with van der Waals surface area (Å²) in [6.45, 7) is 9.98. The number of piperazine rings is 1. The second kappa shape index (κ2) is 7.22. The summed E-state index contributed by atoms with van der Waals surface area (Å²) >= 11 is 0. The number of benzene rings is 1. The Hall–Kier alpha value is -0.875. The van der Waals surface area contributed by atoms with Crippen LogP contribution >= 0.6 is 0 Å². The maximum absolute atomic E-state index is 9.08. The first-order valence-electron chi connectivity index (χ1n) is 7.51. The quantitative estimate of drug-likeness (QED) is 0.759. The lowest BCUT2D eigenvalue weighted by atomic mass is 9.80. The molecular formula is C15H25BN2O2. The van der Waals surface area contributed by atoms with Crippen LogP contribution in [0.3, 0.4) is 0 Å². The molecule has 0 saturated carbocycles. The monoisotopic (exact) mass is 276 g/mol. The van der Waals surface area contributed by atoms with Crippen LogP contribution in [0, 0.1) is 0 Å². The third kappa shape index (κ3) is 4.06. The van der Waals surface area contributed by atoms with Crippen LogP contribution in [-0.4, -0.2) is 59.2 Å². The van der Waals surface area contributed by atoms with Crippen molar-refractivity contribution >= 4 is 12.6 Å². The normalized spacial score (nSPS) is 19.0. The minimum absolute atomic E-state index is 0.551. The molecule has 4 nitrogen and oxygen atoms in total. The number of nitrogens with zero attached hydrogens (tertiary/aromatic N) is 2. The number of hydrogen-bond donors (Lipinski definition) is 2. The van der Waals surface area contributed by atoms with Gasteiger partial charge in [-0.1, -0.05) is 31.2 Å². The molecule has 0 aromatic heterocycles. The van der Waals surface area contributed by atoms with E-state index in [1.54, 1.807) is 12.1 Å². The van der Waals surface area contributed by atoms with Gasteiger partial charge in [0.05, 0.1) is 0 Å². The number of rotatable bonds is 5. The Bertz CT molecular complexity index is 403. The summed E-state index contributed by atoms with van der Waals surface area (Å²) in [7, 11) is -1.37. The molecule has 2 rings (SSSR count). The van der Waals surface area contributed by atoms with Crippen LogP contribution < -0.4 is 5.46 Å². The standard InChI is InChI=1S/C15H25BN2O2/c1-3-13(2)18-10-8-17(9-11-18)12-14-4-6-15(7-5-14)16(19)20/h4-7,13,19-20H,3,8-12H2,1-2H3. The molecule has 0 bridgehead atoms. The predicted molar refractivity (Wildman–Crippen MR) is 82.9 cm³/mol. The fourth-order valence-corrected chi connectivity index (χ4v) is 2.67. The summed E-state index contributed by atoms with van der Waals surface area (Å²) in [6.07, 6.45) is 1.21. The van der Waals surface area contributed by atoms with Gasteiger partial charge in [0.25, 0.3) is 0 Å². The predicted octanol–water partition coefficient (Wildman–Crippen LogP) is 0.283. The third-order valence-corrected chi connectivity index (χ3v) is 4.31. The molecule has 1 aliphatic rings. The van der Waals surface area contributed by atoms with E-state index in [1.807, 2.05) is 12.1 Å². The maximum Gasteiger partial charge on any atom is 0.488 e. The van der Waals surface area contributed by atoms with Gasteiger partial charge in [-0.3, -0.25) is 9.80 Å². The average Bonchev–Trinajstić information content (AvgIpc) is 2.48. The Balaban J connectivity index is 1.83. The van der Waals surface area contributed by atoms with Crippen molar-refractivity contribution in [3.63, 3.8) is 0 Å². The van der Waals surface area contributed by atoms with Crippen molar-refractivity contribution < 1.29 is 10.0 Å². The van der Waals surface area contributed by atoms with Gasteiger partial charge in [0.1, 0.15) is 0 Å². The summed E-state index contributed by atoms with van der Waals surface area (Å²) < 4.78 is 0. The van der Waals surface area contributed by atoms with E-state index in [2.05, 4.69) is 23.6 Å². The molecule has 20 heavy (non-hydrogen) atoms. The van der Waals surface area contributed by atoms with E-state index >= 15 is 0 Å². The third-order valence-electron chi connectivity index (χ3n) is 4.31. The second-order valence-corrected chi connectivity index (χ2v) is 5.68. The molecule has 0 radical (unpaired) electrons. The zero-order chi connectivity index (χ0) is 14.5. The molecule has 1 fully saturated rings. The molecule has 1 saturated heterocycles. The summed E-state index contributed by atoms with van der Waals surface area (Å²) in [6, 6.07) is 8.22. The Kier molecular flexibility index (Phi) is 5.60. The fourth-order valence-electron chi connectivity index (χ4n) is 2.67. The van der Waals surface area contributed by atoms with Gasteiger partial charge in [-0.15, -0.1) is 0 Å². The van der Waals surface area contributed by atoms with E-state index in [0.717, 1.165) is 32.7 Å². The lowest BCUT2D eigenvalue weighted by Crippen LogP contribution is -2.49. The molecule has 0 amide bonds. The molecule has 1 atom stereocenters. The summed E-state index contributed by atoms with van der Waals surface area (Å²) in [4.78, 5) is 5.02. The van der Waals surface area contributed by atoms with E-state index in [9.17, 15) is 0 Å². The molecule has 2 N–H and O–H groups in total. The van der Waals surface area contributed by atoms with Crippen LogP contribution in [0.25, 0.3) is 0 Å². The van der Waals surface area contributed by atoms with E-state index in [4.69, 9.17) is 10.0 Å². The van der Waals surface area contributed by atoms with Crippen LogP contribution in [0.15, 0.2) is 24.3 Å². The Morgan fingerprint density at radius 2 is 1.70 bits per heavy atom. The van der Waals surface area contributed by atoms with Gasteiger partial charge in [-0.25, -0.2) is 0 Å². The van der Waals surface area contributed by atoms with Gasteiger partial charge in [-0.05, 0) is 24.4 Å². The largest absolute Gasteiger partial charge is 0.488 e. The van der Waals surface area contributed by atoms with Gasteiger partial charge < -0.3 is 10.0 Å². The van der Waals surface area contributed by atoms with Crippen molar-refractivity contribution in [1.82, 2.24) is 9.80 Å². The van der Waals surface area contributed by atoms with Gasteiger partial charge in [0.2, 0.25) is 0 Å². The van der Waals surface area contributed by atoms with Crippen molar-refractivity contribution in [2.45, 2.75) is 32.9 Å². The maximum atomic E-state index is 9.08. The highest BCUT2D eigenvalue weighted by Gasteiger charge is 2.20. The van der Waals surface area contributed by atoms with E-state index in [1.165, 1.54) is 12.0 Å². The van der Waals surface area contributed by atoms with E-state index in [0.29, 0.717) is 11.5 Å². The Morgan fingerprint density at radius 1 is 1.10 bits per heavy atom. The second-order valence-electron chi connectivity index (χ2n) is 5.68. The van der Waals surface area contributed by atoms with E-state index < -0.39 is 7.12 Å². The molecule has 1 heterocycles. The van der Waals surface area contributed by atoms with Gasteiger partial charge in [0.15, 0.2) is 0 Å². The van der Waals surface area contributed by atoms with Gasteiger partial charge in [0, 0.05) is 38.8 Å². The minimum atomic E-state index is -1.37. The molecule has 110 valence electrons. The lowest BCUT2D eigenvalue weighted by Gasteiger charge is -2.37. The van der Waals surface area contributed by atoms with Crippen LogP contribution in [0.2, 0.25) is 0 Å². The highest BCUT2D eigenvalue weighted by molar-refractivity contribution is 6.58. The zero-order valence-electron chi connectivity index (χ0n) is 12.5. The molecular weight excluding hydrogens is 251 g/mol. The molecule has 1 aromatic carbocycles. The SMILES string of the molecule is CCC(C)N1CCN(Cc2ccc(B(O)O)cc2)CC1. The van der Waals surface area contributed by atoms with Crippen molar-refractivity contribution in [2.75, 3.05) is 26.2 Å². The van der Waals surface area contributed by atoms with Crippen molar-refractivity contribution in [3.05, 3.63) is 29.8 Å². The highest BCUT2D eigenvalue weighted by Crippen LogP contribution is 2.11. The first-order chi connectivity index (χ1) is 9.60. The Morgan fingerprint density at radius 3 is 2.20 bits per heavy atom. The van der Waals surface area contributed by atoms with Gasteiger partial charge in [-0.2, -0.15) is 0 Å². The first-order valence-corrected chi connectivity index (χ1v) is 7.51. The van der Waals surface area contributed by atoms with Gasteiger partial charge >= 0.3 is 7.12 Å². The molecule has 5 heteroatoms. The summed E-state index contributed by atoms with van der Waals surface area (Å²) in [5.41, 5.74) is 1.78. The fraction of sp³-hybridized carbons (Fsp3) is 0.600. The van der Waals surface area contributed by atoms with E-state index in [-0.39, 0.29) is 0 Å². The Labute approximate surface area is 122 Å². The zero-order valence-corrected chi connectivity index (χ0v) is 12.5.